The molecule has 148 valence electrons. The first kappa shape index (κ1) is 19.7. The number of ether oxygens (including phenoxy) is 1. The molecule has 0 aliphatic carbocycles. The lowest BCUT2D eigenvalue weighted by Crippen LogP contribution is -2.45. The third-order valence-electron chi connectivity index (χ3n) is 5.39. The summed E-state index contributed by atoms with van der Waals surface area (Å²) in [6, 6.07) is 13.1. The summed E-state index contributed by atoms with van der Waals surface area (Å²) in [4.78, 5) is 14.4. The van der Waals surface area contributed by atoms with Gasteiger partial charge in [-0.3, -0.25) is 0 Å². The summed E-state index contributed by atoms with van der Waals surface area (Å²) >= 11 is 0. The number of hydrogen-bond acceptors (Lipinski definition) is 4. The fourth-order valence-electron chi connectivity index (χ4n) is 3.74. The number of carbonyl (C=O) groups is 1. The molecule has 2 aromatic carbocycles. The Morgan fingerprint density at radius 2 is 2.04 bits per heavy atom. The summed E-state index contributed by atoms with van der Waals surface area (Å²) in [5.41, 5.74) is 6.74. The van der Waals surface area contributed by atoms with E-state index in [1.165, 1.54) is 11.3 Å². The number of rotatable bonds is 4. The molecule has 28 heavy (non-hydrogen) atoms. The minimum absolute atomic E-state index is 0.139. The number of methoxy groups -OCH3 is 1. The van der Waals surface area contributed by atoms with Gasteiger partial charge in [-0.15, -0.1) is 0 Å². The van der Waals surface area contributed by atoms with Crippen molar-refractivity contribution >= 4 is 23.6 Å². The van der Waals surface area contributed by atoms with Crippen molar-refractivity contribution < 1.29 is 9.53 Å². The Morgan fingerprint density at radius 1 is 1.29 bits per heavy atom. The quantitative estimate of drug-likeness (QED) is 0.603. The molecule has 2 aromatic rings. The first-order valence-electron chi connectivity index (χ1n) is 9.42. The van der Waals surface area contributed by atoms with Gasteiger partial charge in [-0.2, -0.15) is 5.10 Å². The highest BCUT2D eigenvalue weighted by Crippen LogP contribution is 2.42. The van der Waals surface area contributed by atoms with Gasteiger partial charge < -0.3 is 15.0 Å². The van der Waals surface area contributed by atoms with Gasteiger partial charge in [0.2, 0.25) is 0 Å². The van der Waals surface area contributed by atoms with Crippen LogP contribution in [0.15, 0.2) is 47.6 Å². The highest BCUT2D eigenvalue weighted by molar-refractivity contribution is 5.92. The summed E-state index contributed by atoms with van der Waals surface area (Å²) in [5, 5.41) is 6.80. The topological polar surface area (TPSA) is 66.0 Å². The van der Waals surface area contributed by atoms with Crippen LogP contribution >= 0.6 is 0 Å². The number of nitrogens with zero attached hydrogens (tertiary/aromatic N) is 2. The largest absolute Gasteiger partial charge is 0.495 e. The second-order valence-electron chi connectivity index (χ2n) is 7.82. The van der Waals surface area contributed by atoms with Crippen molar-refractivity contribution in [1.82, 2.24) is 5.43 Å². The Morgan fingerprint density at radius 3 is 2.79 bits per heavy atom. The number of hydrazone groups is 1. The molecule has 1 aliphatic rings. The van der Waals surface area contributed by atoms with Crippen LogP contribution in [0.4, 0.5) is 16.2 Å². The molecule has 6 heteroatoms. The van der Waals surface area contributed by atoms with Gasteiger partial charge in [-0.1, -0.05) is 25.1 Å². The van der Waals surface area contributed by atoms with Crippen molar-refractivity contribution in [3.8, 4) is 5.75 Å². The monoisotopic (exact) mass is 380 g/mol. The Labute approximate surface area is 166 Å². The maximum Gasteiger partial charge on any atom is 0.339 e. The molecule has 0 fully saturated rings. The Bertz CT molecular complexity index is 892. The van der Waals surface area contributed by atoms with Crippen LogP contribution < -0.4 is 20.4 Å². The predicted molar refractivity (Wildman–Crippen MR) is 115 cm³/mol. The zero-order chi connectivity index (χ0) is 20.3. The number of benzene rings is 2. The van der Waals surface area contributed by atoms with Crippen LogP contribution in [0.3, 0.4) is 0 Å². The minimum Gasteiger partial charge on any atom is -0.495 e. The molecular weight excluding hydrogens is 352 g/mol. The number of amides is 2. The van der Waals surface area contributed by atoms with Crippen molar-refractivity contribution in [2.45, 2.75) is 38.6 Å². The lowest BCUT2D eigenvalue weighted by Gasteiger charge is -2.45. The van der Waals surface area contributed by atoms with E-state index in [4.69, 9.17) is 4.74 Å². The number of hydrogen-bond donors (Lipinski definition) is 2. The molecule has 2 amide bonds. The van der Waals surface area contributed by atoms with Crippen molar-refractivity contribution in [2.24, 2.45) is 5.10 Å². The molecule has 2 N–H and O–H groups in total. The number of urea groups is 1. The second kappa shape index (κ2) is 7.92. The average molecular weight is 380 g/mol. The van der Waals surface area contributed by atoms with E-state index >= 15 is 0 Å². The number of fused-ring (bicyclic) bond motifs is 1. The van der Waals surface area contributed by atoms with Crippen LogP contribution in [0.2, 0.25) is 0 Å². The standard InChI is InChI=1S/C22H28N4O2/c1-15-13-22(2,3)26(4)19-11-10-16(12-17(15)19)14-23-25-21(27)24-18-8-6-7-9-20(18)28-5/h6-12,14-15H,13H2,1-5H3,(H2,24,25,27)/b23-14+/t15-/m0/s1. The van der Waals surface area contributed by atoms with Crippen LogP contribution in [0, 0.1) is 0 Å². The highest BCUT2D eigenvalue weighted by atomic mass is 16.5. The fourth-order valence-corrected chi connectivity index (χ4v) is 3.74. The maximum atomic E-state index is 12.1. The van der Waals surface area contributed by atoms with Gasteiger partial charge in [0.25, 0.3) is 0 Å². The Balaban J connectivity index is 1.67. The summed E-state index contributed by atoms with van der Waals surface area (Å²) in [5.74, 6) is 1.06. The van der Waals surface area contributed by atoms with E-state index in [1.54, 1.807) is 25.5 Å². The van der Waals surface area contributed by atoms with E-state index in [1.807, 2.05) is 18.2 Å². The Hall–Kier alpha value is -3.02. The van der Waals surface area contributed by atoms with E-state index in [-0.39, 0.29) is 5.54 Å². The lowest BCUT2D eigenvalue weighted by atomic mass is 9.80. The highest BCUT2D eigenvalue weighted by Gasteiger charge is 2.33. The molecule has 0 spiro atoms. The van der Waals surface area contributed by atoms with Crippen molar-refractivity contribution in [2.75, 3.05) is 24.4 Å². The molecule has 0 bridgehead atoms. The van der Waals surface area contributed by atoms with Crippen molar-refractivity contribution in [3.05, 3.63) is 53.6 Å². The maximum absolute atomic E-state index is 12.1. The zero-order valence-electron chi connectivity index (χ0n) is 17.1. The molecular formula is C22H28N4O2. The van der Waals surface area contributed by atoms with Crippen LogP contribution in [0.1, 0.15) is 44.2 Å². The van der Waals surface area contributed by atoms with Gasteiger partial charge in [-0.25, -0.2) is 10.2 Å². The second-order valence-corrected chi connectivity index (χ2v) is 7.82. The Kier molecular flexibility index (Phi) is 5.58. The fraction of sp³-hybridized carbons (Fsp3) is 0.364. The summed E-state index contributed by atoms with van der Waals surface area (Å²) in [6.07, 6.45) is 2.76. The van der Waals surface area contributed by atoms with Gasteiger partial charge in [0.15, 0.2) is 0 Å². The predicted octanol–water partition coefficient (Wildman–Crippen LogP) is 4.57. The van der Waals surface area contributed by atoms with E-state index in [9.17, 15) is 4.79 Å². The molecule has 0 unspecified atom stereocenters. The summed E-state index contributed by atoms with van der Waals surface area (Å²) < 4.78 is 5.22. The van der Waals surface area contributed by atoms with Crippen LogP contribution in [0.25, 0.3) is 0 Å². The number of para-hydroxylation sites is 2. The molecule has 0 saturated carbocycles. The molecule has 1 aliphatic heterocycles. The van der Waals surface area contributed by atoms with E-state index in [0.717, 1.165) is 12.0 Å². The molecule has 6 nitrogen and oxygen atoms in total. The number of carbonyl (C=O) groups excluding carboxylic acids is 1. The lowest BCUT2D eigenvalue weighted by molar-refractivity contribution is 0.252. The normalized spacial score (nSPS) is 17.9. The third kappa shape index (κ3) is 4.11. The van der Waals surface area contributed by atoms with Crippen molar-refractivity contribution in [1.29, 1.82) is 0 Å². The van der Waals surface area contributed by atoms with Gasteiger partial charge in [0.1, 0.15) is 5.75 Å². The molecule has 0 aromatic heterocycles. The smallest absolute Gasteiger partial charge is 0.339 e. The first-order valence-corrected chi connectivity index (χ1v) is 9.42. The van der Waals surface area contributed by atoms with Gasteiger partial charge in [0.05, 0.1) is 19.0 Å². The molecule has 3 rings (SSSR count). The summed E-state index contributed by atoms with van der Waals surface area (Å²) in [6.45, 7) is 6.80. The van der Waals surface area contributed by atoms with Gasteiger partial charge >= 0.3 is 6.03 Å². The van der Waals surface area contributed by atoms with E-state index in [2.05, 4.69) is 60.7 Å². The van der Waals surface area contributed by atoms with Crippen molar-refractivity contribution in [3.63, 3.8) is 0 Å². The van der Waals surface area contributed by atoms with Gasteiger partial charge in [-0.05, 0) is 61.6 Å². The van der Waals surface area contributed by atoms with E-state index < -0.39 is 6.03 Å². The SMILES string of the molecule is COc1ccccc1NC(=O)N/N=C/c1ccc2c(c1)[C@@H](C)CC(C)(C)N2C. The zero-order valence-corrected chi connectivity index (χ0v) is 17.1. The molecule has 0 saturated heterocycles. The average Bonchev–Trinajstić information content (AvgIpc) is 2.66. The van der Waals surface area contributed by atoms with Crippen LogP contribution in [0.5, 0.6) is 5.75 Å². The van der Waals surface area contributed by atoms with E-state index in [0.29, 0.717) is 17.4 Å². The van der Waals surface area contributed by atoms with Gasteiger partial charge in [0, 0.05) is 18.3 Å². The third-order valence-corrected chi connectivity index (χ3v) is 5.39. The minimum atomic E-state index is -0.423. The molecule has 1 atom stereocenters. The first-order chi connectivity index (χ1) is 13.3. The van der Waals surface area contributed by atoms with Crippen LogP contribution in [-0.2, 0) is 0 Å². The summed E-state index contributed by atoms with van der Waals surface area (Å²) in [7, 11) is 3.70. The number of anilines is 2. The number of nitrogens with one attached hydrogen (secondary N) is 2. The molecule has 0 radical (unpaired) electrons. The van der Waals surface area contributed by atoms with Crippen LogP contribution in [-0.4, -0.2) is 31.9 Å². The molecule has 1 heterocycles.